The first-order chi connectivity index (χ1) is 40.4. The van der Waals surface area contributed by atoms with Gasteiger partial charge in [-0.1, -0.05) is 19.6 Å². The fraction of sp³-hybridized carbons (Fsp3) is 0.517. The van der Waals surface area contributed by atoms with Crippen molar-refractivity contribution in [3.05, 3.63) is 72.3 Å². The first kappa shape index (κ1) is 63.2. The van der Waals surface area contributed by atoms with Crippen molar-refractivity contribution >= 4 is 64.0 Å². The molecule has 2 amide bonds. The Kier molecular flexibility index (Phi) is 18.5. The number of hydrogen-bond donors (Lipinski definition) is 3. The second-order valence-electron chi connectivity index (χ2n) is 25.1. The molecule has 2 aliphatic rings. The van der Waals surface area contributed by atoms with Crippen LogP contribution in [0.4, 0.5) is 35.1 Å². The van der Waals surface area contributed by atoms with Crippen molar-refractivity contribution in [3.8, 4) is 34.3 Å². The number of hydrogen-bond acceptors (Lipinski definition) is 13. The zero-order valence-electron chi connectivity index (χ0n) is 49.5. The van der Waals surface area contributed by atoms with Gasteiger partial charge in [0.05, 0.1) is 47.6 Å². The summed E-state index contributed by atoms with van der Waals surface area (Å²) in [5, 5.41) is 16.4. The summed E-state index contributed by atoms with van der Waals surface area (Å²) in [6.45, 7) is 14.7. The first-order valence-corrected chi connectivity index (χ1v) is 32.1. The lowest BCUT2D eigenvalue weighted by atomic mass is 10.1. The number of aromatic amines is 1. The largest absolute Gasteiger partial charge is 0.435 e. The first-order valence-electron chi connectivity index (χ1n) is 28.4. The van der Waals surface area contributed by atoms with Crippen LogP contribution in [0.5, 0.6) is 11.5 Å². The maximum Gasteiger partial charge on any atom is 0.387 e. The molecule has 8 aromatic rings. The maximum atomic E-state index is 13.7. The van der Waals surface area contributed by atoms with Crippen LogP contribution in [0.3, 0.4) is 0 Å². The molecule has 0 unspecified atom stereocenters. The number of halogens is 8. The molecule has 0 radical (unpaired) electrons. The van der Waals surface area contributed by atoms with Gasteiger partial charge in [-0.2, -0.15) is 27.8 Å². The third-order valence-electron chi connectivity index (χ3n) is 14.2. The van der Waals surface area contributed by atoms with Gasteiger partial charge in [0, 0.05) is 101 Å². The molecule has 0 bridgehead atoms. The zero-order chi connectivity index (χ0) is 62.1. The summed E-state index contributed by atoms with van der Waals surface area (Å²) < 4.78 is 127. The molecule has 0 aliphatic carbocycles. The van der Waals surface area contributed by atoms with Crippen LogP contribution >= 0.6 is 0 Å². The summed E-state index contributed by atoms with van der Waals surface area (Å²) >= 11 is 0. The summed E-state index contributed by atoms with van der Waals surface area (Å²) in [4.78, 5) is 51.3. The number of carbonyl (C=O) groups excluding carboxylic acids is 2. The van der Waals surface area contributed by atoms with E-state index in [4.69, 9.17) is 19.9 Å². The topological polar surface area (TPSA) is 200 Å². The Balaban J connectivity index is 0.000000209. The molecule has 28 heteroatoms. The number of nitrogens with zero attached hydrogens (tertiary/aromatic N) is 11. The number of aromatic nitrogens is 10. The zero-order valence-corrected chi connectivity index (χ0v) is 50.5. The van der Waals surface area contributed by atoms with Crippen molar-refractivity contribution in [2.24, 2.45) is 0 Å². The van der Waals surface area contributed by atoms with Crippen LogP contribution < -0.4 is 20.1 Å². The highest BCUT2D eigenvalue weighted by Gasteiger charge is 2.39. The molecular weight excluding hydrogens is 1150 g/mol. The number of ether oxygens (including phenoxy) is 3. The number of H-pyrrole nitrogens is 1. The van der Waals surface area contributed by atoms with E-state index in [2.05, 4.69) is 59.7 Å². The number of likely N-dealkylation sites (tertiary alicyclic amines) is 2. The summed E-state index contributed by atoms with van der Waals surface area (Å²) in [5.41, 5.74) is 3.86. The van der Waals surface area contributed by atoms with E-state index in [1.54, 1.807) is 42.1 Å². The van der Waals surface area contributed by atoms with E-state index in [0.717, 1.165) is 6.04 Å². The molecule has 10 rings (SSSR count). The average molecular weight is 1230 g/mol. The normalized spacial score (nSPS) is 15.8. The van der Waals surface area contributed by atoms with Crippen LogP contribution in [0.1, 0.15) is 87.9 Å². The van der Waals surface area contributed by atoms with E-state index >= 15 is 0 Å². The van der Waals surface area contributed by atoms with Gasteiger partial charge in [0.2, 0.25) is 0 Å². The van der Waals surface area contributed by atoms with E-state index in [9.17, 15) is 44.7 Å². The number of alkyl halides is 8. The summed E-state index contributed by atoms with van der Waals surface area (Å²) in [5.74, 6) is -6.08. The molecule has 2 fully saturated rings. The molecule has 8 heterocycles. The van der Waals surface area contributed by atoms with Crippen molar-refractivity contribution < 1.29 is 58.9 Å². The monoisotopic (exact) mass is 1220 g/mol. The molecule has 2 aliphatic heterocycles. The Hall–Kier alpha value is -7.30. The molecule has 6 aromatic heterocycles. The fourth-order valence-corrected chi connectivity index (χ4v) is 11.0. The van der Waals surface area contributed by atoms with E-state index in [1.165, 1.54) is 42.9 Å². The van der Waals surface area contributed by atoms with Gasteiger partial charge in [-0.05, 0) is 96.8 Å². The van der Waals surface area contributed by atoms with Gasteiger partial charge >= 0.3 is 13.2 Å². The molecule has 2 aromatic carbocycles. The van der Waals surface area contributed by atoms with E-state index in [1.807, 2.05) is 41.5 Å². The highest BCUT2D eigenvalue weighted by atomic mass is 28.3. The van der Waals surface area contributed by atoms with Crippen LogP contribution in [0.15, 0.2) is 61.2 Å². The minimum Gasteiger partial charge on any atom is -0.435 e. The third-order valence-corrected chi connectivity index (χ3v) is 15.9. The number of carbonyl (C=O) groups is 2. The van der Waals surface area contributed by atoms with Crippen molar-refractivity contribution in [1.29, 1.82) is 0 Å². The van der Waals surface area contributed by atoms with Crippen LogP contribution in [0, 0.1) is 0 Å². The van der Waals surface area contributed by atoms with Crippen molar-refractivity contribution in [1.82, 2.24) is 69.5 Å². The number of nitrogens with one attached hydrogen (secondary N) is 3. The Bertz CT molecular complexity index is 3720. The van der Waals surface area contributed by atoms with E-state index in [-0.39, 0.29) is 56.0 Å². The molecule has 86 heavy (non-hydrogen) atoms. The highest BCUT2D eigenvalue weighted by Crippen LogP contribution is 2.35. The Labute approximate surface area is 492 Å². The van der Waals surface area contributed by atoms with Crippen molar-refractivity contribution in [2.75, 3.05) is 45.9 Å². The van der Waals surface area contributed by atoms with Crippen LogP contribution in [-0.2, 0) is 24.6 Å². The van der Waals surface area contributed by atoms with Gasteiger partial charge in [-0.15, -0.1) is 0 Å². The predicted molar refractivity (Wildman–Crippen MR) is 312 cm³/mol. The standard InChI is InChI=1S/C32H43F4N7O3Si.C26H29F4N7O2/c1-31(2,3)39-29(44)23-18-42(20-45-14-15-47(4,5)6)28-27(23)38-24(17-37-28)26-22-16-21(46-30(33)34)8-9-25(22)43(40-26)12-7-11-41-13-10-32(35,36)19-41;1-25(2,3)34-23(38)17-12-31-22-21(17)33-18(13-32-22)20-16-11-15(39-24(27)28)5-6-19(16)37(35-20)9-4-8-36-10-7-26(29,30)14-36/h8-9,16-18,30H,7,10-15,19-20H2,1-6H3,(H,39,44);5-6,11-13,24H,4,7-10,14H2,1-3H3,(H,31,32)(H,34,38). The van der Waals surface area contributed by atoms with Crippen LogP contribution in [0.2, 0.25) is 25.7 Å². The summed E-state index contributed by atoms with van der Waals surface area (Å²) in [6, 6.07) is 10.0. The Morgan fingerprint density at radius 2 is 1.17 bits per heavy atom. The Morgan fingerprint density at radius 3 is 1.64 bits per heavy atom. The van der Waals surface area contributed by atoms with Gasteiger partial charge in [0.15, 0.2) is 11.3 Å². The predicted octanol–water partition coefficient (Wildman–Crippen LogP) is 11.5. The second kappa shape index (κ2) is 25.2. The minimum absolute atomic E-state index is 0.0430. The van der Waals surface area contributed by atoms with Crippen molar-refractivity contribution in [2.45, 2.75) is 149 Å². The lowest BCUT2D eigenvalue weighted by Crippen LogP contribution is -2.40. The number of benzene rings is 2. The third kappa shape index (κ3) is 16.0. The van der Waals surface area contributed by atoms with Crippen molar-refractivity contribution in [3.63, 3.8) is 0 Å². The molecule has 0 spiro atoms. The van der Waals surface area contributed by atoms with Gasteiger partial charge in [0.1, 0.15) is 52.0 Å². The Morgan fingerprint density at radius 1 is 0.686 bits per heavy atom. The summed E-state index contributed by atoms with van der Waals surface area (Å²) in [7, 11) is -1.31. The van der Waals surface area contributed by atoms with E-state index < -0.39 is 44.2 Å². The minimum atomic E-state index is -3.02. The SMILES string of the molecule is CC(C)(C)NC(=O)c1c[nH]c2ncc(-c3nn(CCCN4CCC(F)(F)C4)c4ccc(OC(F)F)cc34)nc12.CC(C)(C)NC(=O)c1cn(COCC[Si](C)(C)C)c2ncc(-c3nn(CCCN4CCC(F)(F)C4)c4ccc(OC(F)F)cc34)nc12. The highest BCUT2D eigenvalue weighted by molar-refractivity contribution is 6.76. The quantitative estimate of drug-likeness (QED) is 0.0349. The van der Waals surface area contributed by atoms with Crippen LogP contribution in [-0.4, -0.2) is 161 Å². The number of fused-ring (bicyclic) bond motifs is 4. The lowest BCUT2D eigenvalue weighted by molar-refractivity contribution is -0.0504. The van der Waals surface area contributed by atoms with Crippen LogP contribution in [0.25, 0.3) is 66.9 Å². The number of rotatable bonds is 21. The van der Waals surface area contributed by atoms with E-state index in [0.29, 0.717) is 137 Å². The average Bonchev–Trinajstić information content (AvgIpc) is 1.73. The summed E-state index contributed by atoms with van der Waals surface area (Å²) in [6.07, 6.45) is 7.03. The fourth-order valence-electron chi connectivity index (χ4n) is 10.2. The lowest BCUT2D eigenvalue weighted by Gasteiger charge is -2.20. The molecular formula is C58H72F8N14O5Si. The smallest absolute Gasteiger partial charge is 0.387 e. The second-order valence-corrected chi connectivity index (χ2v) is 30.7. The molecule has 464 valence electrons. The molecule has 0 atom stereocenters. The number of aryl methyl sites for hydroxylation is 2. The van der Waals surface area contributed by atoms with Gasteiger partial charge < -0.3 is 34.4 Å². The molecule has 2 saturated heterocycles. The van der Waals surface area contributed by atoms with Gasteiger partial charge in [0.25, 0.3) is 23.7 Å². The van der Waals surface area contributed by atoms with Gasteiger partial charge in [-0.25, -0.2) is 37.5 Å². The number of amides is 2. The molecule has 19 nitrogen and oxygen atoms in total. The maximum absolute atomic E-state index is 13.7. The molecule has 0 saturated carbocycles. The molecule has 3 N–H and O–H groups in total. The van der Waals surface area contributed by atoms with Gasteiger partial charge in [-0.3, -0.25) is 28.8 Å².